The van der Waals surface area contributed by atoms with Crippen molar-refractivity contribution in [3.05, 3.63) is 36.3 Å². The van der Waals surface area contributed by atoms with Gasteiger partial charge in [0.1, 0.15) is 5.82 Å². The largest absolute Gasteiger partial charge is 0.370 e. The normalized spacial score (nSPS) is 10.6. The van der Waals surface area contributed by atoms with Crippen LogP contribution in [0.25, 0.3) is 0 Å². The predicted octanol–water partition coefficient (Wildman–Crippen LogP) is 2.60. The van der Waals surface area contributed by atoms with Crippen molar-refractivity contribution < 1.29 is 4.39 Å². The second-order valence-corrected chi connectivity index (χ2v) is 2.63. The zero-order chi connectivity index (χ0) is 9.52. The van der Waals surface area contributed by atoms with Crippen LogP contribution in [0, 0.1) is 5.95 Å². The van der Waals surface area contributed by atoms with E-state index in [9.17, 15) is 4.39 Å². The first-order valence-corrected chi connectivity index (χ1v) is 4.30. The lowest BCUT2D eigenvalue weighted by atomic mass is 10.4. The van der Waals surface area contributed by atoms with Gasteiger partial charge in [0.2, 0.25) is 5.95 Å². The van der Waals surface area contributed by atoms with Crippen LogP contribution in [0.1, 0.15) is 13.3 Å². The summed E-state index contributed by atoms with van der Waals surface area (Å²) in [4.78, 5) is 3.67. The molecule has 2 nitrogen and oxygen atoms in total. The van der Waals surface area contributed by atoms with Crippen molar-refractivity contribution in [1.82, 2.24) is 4.98 Å². The second kappa shape index (κ2) is 5.30. The molecule has 0 atom stereocenters. The fraction of sp³-hybridized carbons (Fsp3) is 0.300. The highest BCUT2D eigenvalue weighted by Crippen LogP contribution is 2.02. The Morgan fingerprint density at radius 2 is 2.38 bits per heavy atom. The number of pyridine rings is 1. The molecular formula is C10H13FN2. The molecule has 0 fully saturated rings. The Morgan fingerprint density at radius 1 is 1.54 bits per heavy atom. The summed E-state index contributed by atoms with van der Waals surface area (Å²) in [6.45, 7) is 2.75. The van der Waals surface area contributed by atoms with Gasteiger partial charge < -0.3 is 5.32 Å². The van der Waals surface area contributed by atoms with Crippen molar-refractivity contribution >= 4 is 5.82 Å². The van der Waals surface area contributed by atoms with Crippen LogP contribution in [0.5, 0.6) is 0 Å². The van der Waals surface area contributed by atoms with E-state index < -0.39 is 5.95 Å². The summed E-state index contributed by atoms with van der Waals surface area (Å²) >= 11 is 0. The third kappa shape index (κ3) is 3.69. The van der Waals surface area contributed by atoms with Gasteiger partial charge >= 0.3 is 0 Å². The fourth-order valence-electron chi connectivity index (χ4n) is 0.957. The number of hydrogen-bond donors (Lipinski definition) is 1. The molecule has 70 valence electrons. The Labute approximate surface area is 77.5 Å². The van der Waals surface area contributed by atoms with Crippen molar-refractivity contribution in [3.8, 4) is 0 Å². The maximum atomic E-state index is 12.6. The van der Waals surface area contributed by atoms with Crippen LogP contribution in [0.15, 0.2) is 30.4 Å². The molecule has 0 aliphatic heterocycles. The summed E-state index contributed by atoms with van der Waals surface area (Å²) in [6.07, 6.45) is 4.96. The zero-order valence-corrected chi connectivity index (χ0v) is 7.63. The molecule has 1 aromatic rings. The van der Waals surface area contributed by atoms with Gasteiger partial charge in [-0.25, -0.2) is 4.98 Å². The maximum Gasteiger partial charge on any atom is 0.214 e. The van der Waals surface area contributed by atoms with E-state index in [1.165, 1.54) is 6.07 Å². The molecule has 0 amide bonds. The van der Waals surface area contributed by atoms with Gasteiger partial charge in [0.15, 0.2) is 0 Å². The van der Waals surface area contributed by atoms with E-state index in [1.807, 2.05) is 19.1 Å². The van der Waals surface area contributed by atoms with Gasteiger partial charge in [-0.2, -0.15) is 4.39 Å². The van der Waals surface area contributed by atoms with E-state index in [1.54, 1.807) is 12.1 Å². The second-order valence-electron chi connectivity index (χ2n) is 2.63. The topological polar surface area (TPSA) is 24.9 Å². The van der Waals surface area contributed by atoms with E-state index in [2.05, 4.69) is 10.3 Å². The Bertz CT molecular complexity index is 284. The van der Waals surface area contributed by atoms with Crippen LogP contribution in [0.3, 0.4) is 0 Å². The number of hydrogen-bond acceptors (Lipinski definition) is 2. The highest BCUT2D eigenvalue weighted by atomic mass is 19.1. The van der Waals surface area contributed by atoms with E-state index in [-0.39, 0.29) is 0 Å². The molecule has 0 bridgehead atoms. The molecule has 1 N–H and O–H groups in total. The molecular weight excluding hydrogens is 167 g/mol. The lowest BCUT2D eigenvalue weighted by Gasteiger charge is -2.02. The zero-order valence-electron chi connectivity index (χ0n) is 7.63. The molecule has 0 unspecified atom stereocenters. The lowest BCUT2D eigenvalue weighted by molar-refractivity contribution is 0.585. The minimum atomic E-state index is -0.448. The summed E-state index contributed by atoms with van der Waals surface area (Å²) in [5.41, 5.74) is 0. The van der Waals surface area contributed by atoms with Crippen LogP contribution in [0.4, 0.5) is 10.2 Å². The molecule has 1 aromatic heterocycles. The van der Waals surface area contributed by atoms with Crippen molar-refractivity contribution in [3.63, 3.8) is 0 Å². The minimum absolute atomic E-state index is 0.448. The first-order valence-electron chi connectivity index (χ1n) is 4.30. The van der Waals surface area contributed by atoms with Crippen molar-refractivity contribution in [2.24, 2.45) is 0 Å². The quantitative estimate of drug-likeness (QED) is 0.437. The van der Waals surface area contributed by atoms with E-state index in [0.29, 0.717) is 5.82 Å². The van der Waals surface area contributed by atoms with Crippen LogP contribution >= 0.6 is 0 Å². The number of nitrogens with zero attached hydrogens (tertiary/aromatic N) is 1. The number of anilines is 1. The number of nitrogens with one attached hydrogen (secondary N) is 1. The Balaban J connectivity index is 2.36. The standard InChI is InChI=1S/C10H13FN2/c1-2-3-4-8-12-10-7-5-6-9(11)13-10/h2-3,5-7H,4,8H2,1H3,(H,12,13)/b3-2+. The SMILES string of the molecule is C/C=C/CCNc1cccc(F)n1. The van der Waals surface area contributed by atoms with Gasteiger partial charge in [-0.05, 0) is 25.5 Å². The number of halogens is 1. The Morgan fingerprint density at radius 3 is 3.08 bits per heavy atom. The van der Waals surface area contributed by atoms with Gasteiger partial charge in [0.25, 0.3) is 0 Å². The van der Waals surface area contributed by atoms with Gasteiger partial charge in [-0.15, -0.1) is 0 Å². The van der Waals surface area contributed by atoms with Crippen molar-refractivity contribution in [1.29, 1.82) is 0 Å². The Hall–Kier alpha value is -1.38. The number of aromatic nitrogens is 1. The molecule has 13 heavy (non-hydrogen) atoms. The van der Waals surface area contributed by atoms with E-state index in [4.69, 9.17) is 0 Å². The van der Waals surface area contributed by atoms with Crippen molar-refractivity contribution in [2.75, 3.05) is 11.9 Å². The smallest absolute Gasteiger partial charge is 0.214 e. The maximum absolute atomic E-state index is 12.6. The lowest BCUT2D eigenvalue weighted by Crippen LogP contribution is -2.02. The molecule has 0 saturated heterocycles. The summed E-state index contributed by atoms with van der Waals surface area (Å²) in [5.74, 6) is 0.139. The summed E-state index contributed by atoms with van der Waals surface area (Å²) in [7, 11) is 0. The van der Waals surface area contributed by atoms with Crippen LogP contribution in [-0.2, 0) is 0 Å². The van der Waals surface area contributed by atoms with Gasteiger partial charge in [-0.3, -0.25) is 0 Å². The molecule has 1 heterocycles. The minimum Gasteiger partial charge on any atom is -0.370 e. The summed E-state index contributed by atoms with van der Waals surface area (Å²) in [5, 5.41) is 3.02. The number of rotatable bonds is 4. The highest BCUT2D eigenvalue weighted by molar-refractivity contribution is 5.33. The number of allylic oxidation sites excluding steroid dienone is 1. The monoisotopic (exact) mass is 180 g/mol. The molecule has 0 aliphatic carbocycles. The first-order chi connectivity index (χ1) is 6.33. The molecule has 0 aromatic carbocycles. The van der Waals surface area contributed by atoms with Gasteiger partial charge in [0.05, 0.1) is 0 Å². The molecule has 3 heteroatoms. The average Bonchev–Trinajstić information content (AvgIpc) is 2.13. The summed E-state index contributed by atoms with van der Waals surface area (Å²) in [6, 6.07) is 4.72. The van der Waals surface area contributed by atoms with Gasteiger partial charge in [-0.1, -0.05) is 18.2 Å². The third-order valence-electron chi connectivity index (χ3n) is 1.57. The molecule has 0 saturated carbocycles. The molecule has 0 radical (unpaired) electrons. The first kappa shape index (κ1) is 9.71. The van der Waals surface area contributed by atoms with Crippen molar-refractivity contribution in [2.45, 2.75) is 13.3 Å². The van der Waals surface area contributed by atoms with Gasteiger partial charge in [0, 0.05) is 6.54 Å². The molecule has 1 rings (SSSR count). The average molecular weight is 180 g/mol. The third-order valence-corrected chi connectivity index (χ3v) is 1.57. The van der Waals surface area contributed by atoms with Crippen LogP contribution in [0.2, 0.25) is 0 Å². The molecule has 0 spiro atoms. The predicted molar refractivity (Wildman–Crippen MR) is 52.1 cm³/mol. The highest BCUT2D eigenvalue weighted by Gasteiger charge is 1.93. The summed E-state index contributed by atoms with van der Waals surface area (Å²) < 4.78 is 12.6. The fourth-order valence-corrected chi connectivity index (χ4v) is 0.957. The van der Waals surface area contributed by atoms with E-state index >= 15 is 0 Å². The molecule has 0 aliphatic rings. The van der Waals surface area contributed by atoms with E-state index in [0.717, 1.165) is 13.0 Å². The van der Waals surface area contributed by atoms with Crippen LogP contribution in [-0.4, -0.2) is 11.5 Å². The Kier molecular flexibility index (Phi) is 3.96. The van der Waals surface area contributed by atoms with Crippen LogP contribution < -0.4 is 5.32 Å².